The lowest BCUT2D eigenvalue weighted by molar-refractivity contribution is -0.121. The van der Waals surface area contributed by atoms with Crippen molar-refractivity contribution in [3.8, 4) is 16.9 Å². The normalized spacial score (nSPS) is 15.6. The molecule has 3 heterocycles. The number of hydrogen-bond acceptors (Lipinski definition) is 7. The lowest BCUT2D eigenvalue weighted by Crippen LogP contribution is -2.43. The Hall–Kier alpha value is -3.59. The molecular formula is C25H26N2O6S. The van der Waals surface area contributed by atoms with Gasteiger partial charge >= 0.3 is 5.97 Å². The van der Waals surface area contributed by atoms with Crippen LogP contribution in [0.4, 0.5) is 5.00 Å². The van der Waals surface area contributed by atoms with Crippen molar-refractivity contribution in [3.05, 3.63) is 59.4 Å². The van der Waals surface area contributed by atoms with Crippen molar-refractivity contribution >= 4 is 34.1 Å². The summed E-state index contributed by atoms with van der Waals surface area (Å²) in [5, 5.41) is 5.19. The molecule has 0 aliphatic carbocycles. The van der Waals surface area contributed by atoms with Crippen molar-refractivity contribution in [1.82, 2.24) is 4.90 Å². The van der Waals surface area contributed by atoms with Crippen LogP contribution in [0.2, 0.25) is 0 Å². The number of anilines is 1. The number of carbonyl (C=O) groups is 3. The van der Waals surface area contributed by atoms with E-state index in [1.54, 1.807) is 25.0 Å². The van der Waals surface area contributed by atoms with Crippen molar-refractivity contribution in [1.29, 1.82) is 0 Å². The zero-order valence-electron chi connectivity index (χ0n) is 19.0. The molecule has 3 aromatic rings. The third-order valence-corrected chi connectivity index (χ3v) is 6.65. The summed E-state index contributed by atoms with van der Waals surface area (Å²) in [5.74, 6) is -0.553. The van der Waals surface area contributed by atoms with Gasteiger partial charge in [-0.1, -0.05) is 12.1 Å². The van der Waals surface area contributed by atoms with Crippen molar-refractivity contribution in [3.63, 3.8) is 0 Å². The summed E-state index contributed by atoms with van der Waals surface area (Å²) < 4.78 is 15.5. The summed E-state index contributed by atoms with van der Waals surface area (Å²) in [4.78, 5) is 40.3. The van der Waals surface area contributed by atoms with Crippen LogP contribution in [0, 0.1) is 5.92 Å². The summed E-state index contributed by atoms with van der Waals surface area (Å²) in [6, 6.07) is 8.96. The first-order chi connectivity index (χ1) is 16.5. The van der Waals surface area contributed by atoms with E-state index in [2.05, 4.69) is 5.32 Å². The predicted octanol–water partition coefficient (Wildman–Crippen LogP) is 4.68. The Balaban J connectivity index is 1.54. The van der Waals surface area contributed by atoms with E-state index in [1.807, 2.05) is 29.6 Å². The van der Waals surface area contributed by atoms with Crippen LogP contribution in [0.5, 0.6) is 5.75 Å². The highest BCUT2D eigenvalue weighted by molar-refractivity contribution is 7.15. The third-order valence-electron chi connectivity index (χ3n) is 5.76. The molecule has 1 atom stereocenters. The molecule has 178 valence electrons. The Labute approximate surface area is 201 Å². The standard InChI is InChI=1S/C25H26N2O6S/c1-3-33-25(30)21-20(16-6-8-19(31-2)9-7-16)15-34-23(21)26-22(28)17-5-4-11-27(13-17)24(29)18-10-12-32-14-18/h6-10,12,14-15,17H,3-5,11,13H2,1-2H3,(H,26,28)/t17-/m0/s1. The molecule has 8 nitrogen and oxygen atoms in total. The Kier molecular flexibility index (Phi) is 7.32. The lowest BCUT2D eigenvalue weighted by Gasteiger charge is -2.31. The average molecular weight is 483 g/mol. The van der Waals surface area contributed by atoms with Gasteiger partial charge in [0.2, 0.25) is 5.91 Å². The molecule has 34 heavy (non-hydrogen) atoms. The zero-order valence-corrected chi connectivity index (χ0v) is 19.9. The van der Waals surface area contributed by atoms with E-state index >= 15 is 0 Å². The molecule has 1 fully saturated rings. The van der Waals surface area contributed by atoms with Crippen LogP contribution in [0.1, 0.15) is 40.5 Å². The van der Waals surface area contributed by atoms with Crippen LogP contribution in [-0.2, 0) is 9.53 Å². The van der Waals surface area contributed by atoms with Crippen molar-refractivity contribution in [2.45, 2.75) is 19.8 Å². The Morgan fingerprint density at radius 1 is 1.21 bits per heavy atom. The van der Waals surface area contributed by atoms with E-state index in [-0.39, 0.29) is 24.3 Å². The minimum Gasteiger partial charge on any atom is -0.497 e. The van der Waals surface area contributed by atoms with Gasteiger partial charge in [-0.15, -0.1) is 11.3 Å². The number of furan rings is 1. The summed E-state index contributed by atoms with van der Waals surface area (Å²) >= 11 is 1.28. The van der Waals surface area contributed by atoms with Crippen molar-refractivity contribution in [2.75, 3.05) is 32.1 Å². The second-order valence-corrected chi connectivity index (χ2v) is 8.77. The smallest absolute Gasteiger partial charge is 0.341 e. The number of thiophene rings is 1. The first-order valence-corrected chi connectivity index (χ1v) is 11.9. The molecule has 1 N–H and O–H groups in total. The van der Waals surface area contributed by atoms with Crippen LogP contribution in [0.3, 0.4) is 0 Å². The molecule has 1 aliphatic rings. The molecule has 1 saturated heterocycles. The number of likely N-dealkylation sites (tertiary alicyclic amines) is 1. The monoisotopic (exact) mass is 482 g/mol. The number of rotatable bonds is 7. The van der Waals surface area contributed by atoms with Gasteiger partial charge in [-0.3, -0.25) is 9.59 Å². The van der Waals surface area contributed by atoms with Crippen LogP contribution < -0.4 is 10.1 Å². The van der Waals surface area contributed by atoms with E-state index < -0.39 is 5.97 Å². The molecule has 9 heteroatoms. The summed E-state index contributed by atoms with van der Waals surface area (Å²) in [6.45, 7) is 2.85. The molecule has 1 aromatic carbocycles. The van der Waals surface area contributed by atoms with E-state index in [1.165, 1.54) is 23.9 Å². The van der Waals surface area contributed by atoms with Gasteiger partial charge in [0.1, 0.15) is 22.6 Å². The molecule has 4 rings (SSSR count). The highest BCUT2D eigenvalue weighted by Crippen LogP contribution is 2.37. The molecule has 0 spiro atoms. The quantitative estimate of drug-likeness (QED) is 0.491. The van der Waals surface area contributed by atoms with Crippen LogP contribution in [0.15, 0.2) is 52.7 Å². The van der Waals surface area contributed by atoms with Gasteiger partial charge in [-0.25, -0.2) is 4.79 Å². The second-order valence-electron chi connectivity index (χ2n) is 7.89. The number of carbonyl (C=O) groups excluding carboxylic acids is 3. The lowest BCUT2D eigenvalue weighted by atomic mass is 9.96. The van der Waals surface area contributed by atoms with Gasteiger partial charge in [0.15, 0.2) is 0 Å². The molecular weight excluding hydrogens is 456 g/mol. The Morgan fingerprint density at radius 3 is 2.68 bits per heavy atom. The number of amides is 2. The molecule has 1 aliphatic heterocycles. The van der Waals surface area contributed by atoms with E-state index in [9.17, 15) is 14.4 Å². The largest absolute Gasteiger partial charge is 0.497 e. The molecule has 0 bridgehead atoms. The summed E-state index contributed by atoms with van der Waals surface area (Å²) in [5.41, 5.74) is 2.29. The topological polar surface area (TPSA) is 98.1 Å². The minimum atomic E-state index is -0.495. The summed E-state index contributed by atoms with van der Waals surface area (Å²) in [6.07, 6.45) is 4.24. The van der Waals surface area contributed by atoms with Crippen LogP contribution >= 0.6 is 11.3 Å². The van der Waals surface area contributed by atoms with Gasteiger partial charge in [0.25, 0.3) is 5.91 Å². The Morgan fingerprint density at radius 2 is 2.00 bits per heavy atom. The number of benzene rings is 1. The number of ether oxygens (including phenoxy) is 2. The Bertz CT molecular complexity index is 1150. The van der Waals surface area contributed by atoms with Gasteiger partial charge in [0, 0.05) is 24.0 Å². The van der Waals surface area contributed by atoms with E-state index in [0.29, 0.717) is 53.4 Å². The number of nitrogens with one attached hydrogen (secondary N) is 1. The van der Waals surface area contributed by atoms with Gasteiger partial charge in [0.05, 0.1) is 31.5 Å². The van der Waals surface area contributed by atoms with Crippen LogP contribution in [0.25, 0.3) is 11.1 Å². The second kappa shape index (κ2) is 10.6. The number of hydrogen-bond donors (Lipinski definition) is 1. The highest BCUT2D eigenvalue weighted by atomic mass is 32.1. The maximum atomic E-state index is 13.2. The fourth-order valence-electron chi connectivity index (χ4n) is 4.00. The number of piperidine rings is 1. The number of methoxy groups -OCH3 is 1. The first-order valence-electron chi connectivity index (χ1n) is 11.1. The maximum absolute atomic E-state index is 13.2. The first kappa shape index (κ1) is 23.6. The molecule has 0 unspecified atom stereocenters. The number of nitrogens with zero attached hydrogens (tertiary/aromatic N) is 1. The maximum Gasteiger partial charge on any atom is 0.341 e. The molecule has 2 amide bonds. The zero-order chi connectivity index (χ0) is 24.1. The SMILES string of the molecule is CCOC(=O)c1c(-c2ccc(OC)cc2)csc1NC(=O)[C@H]1CCCN(C(=O)c2ccoc2)C1. The fraction of sp³-hybridized carbons (Fsp3) is 0.320. The minimum absolute atomic E-state index is 0.156. The predicted molar refractivity (Wildman–Crippen MR) is 128 cm³/mol. The highest BCUT2D eigenvalue weighted by Gasteiger charge is 2.31. The van der Waals surface area contributed by atoms with Gasteiger partial charge in [-0.2, -0.15) is 0 Å². The van der Waals surface area contributed by atoms with Crippen molar-refractivity contribution < 1.29 is 28.3 Å². The third kappa shape index (κ3) is 4.99. The van der Waals surface area contributed by atoms with Gasteiger partial charge in [-0.05, 0) is 43.5 Å². The molecule has 0 saturated carbocycles. The van der Waals surface area contributed by atoms with Crippen molar-refractivity contribution in [2.24, 2.45) is 5.92 Å². The molecule has 2 aromatic heterocycles. The average Bonchev–Trinajstić information content (AvgIpc) is 3.54. The number of esters is 1. The van der Waals surface area contributed by atoms with E-state index in [4.69, 9.17) is 13.9 Å². The van der Waals surface area contributed by atoms with E-state index in [0.717, 1.165) is 5.56 Å². The fourth-order valence-corrected chi connectivity index (χ4v) is 4.96. The van der Waals surface area contributed by atoms with Crippen LogP contribution in [-0.4, -0.2) is 49.5 Å². The molecule has 0 radical (unpaired) electrons. The summed E-state index contributed by atoms with van der Waals surface area (Å²) in [7, 11) is 1.59. The van der Waals surface area contributed by atoms with Gasteiger partial charge < -0.3 is 24.1 Å².